The summed E-state index contributed by atoms with van der Waals surface area (Å²) in [6, 6.07) is 0. The van der Waals surface area contributed by atoms with Crippen LogP contribution in [0, 0.1) is 0 Å². The summed E-state index contributed by atoms with van der Waals surface area (Å²) in [5, 5.41) is 10.8. The first kappa shape index (κ1) is 9.10. The summed E-state index contributed by atoms with van der Waals surface area (Å²) in [5.41, 5.74) is 0.0773. The number of ether oxygens (including phenoxy) is 1. The van der Waals surface area contributed by atoms with E-state index in [2.05, 4.69) is 5.16 Å². The molecule has 0 spiro atoms. The Hall–Kier alpha value is -0.900. The molecule has 0 fully saturated rings. The minimum Gasteiger partial charge on any atom is -0.411 e. The summed E-state index contributed by atoms with van der Waals surface area (Å²) in [4.78, 5) is 10.7. The molecule has 0 saturated heterocycles. The van der Waals surface area contributed by atoms with Crippen LogP contribution in [0.2, 0.25) is 0 Å². The van der Waals surface area contributed by atoms with Crippen LogP contribution in [0.5, 0.6) is 0 Å². The maximum absolute atomic E-state index is 10.7. The van der Waals surface area contributed by atoms with Crippen LogP contribution >= 0.6 is 0 Å². The van der Waals surface area contributed by atoms with Gasteiger partial charge < -0.3 is 9.94 Å². The average Bonchev–Trinajstić information content (AvgIpc) is 1.98. The van der Waals surface area contributed by atoms with Gasteiger partial charge in [0.2, 0.25) is 5.78 Å². The number of hydrogen-bond acceptors (Lipinski definition) is 4. The van der Waals surface area contributed by atoms with Crippen LogP contribution in [0.1, 0.15) is 13.8 Å². The Morgan fingerprint density at radius 3 is 2.70 bits per heavy atom. The third kappa shape index (κ3) is 3.19. The van der Waals surface area contributed by atoms with Crippen molar-refractivity contribution in [2.45, 2.75) is 13.8 Å². The highest BCUT2D eigenvalue weighted by Crippen LogP contribution is 1.81. The van der Waals surface area contributed by atoms with E-state index in [1.807, 2.05) is 0 Å². The summed E-state index contributed by atoms with van der Waals surface area (Å²) >= 11 is 0. The van der Waals surface area contributed by atoms with Crippen molar-refractivity contribution < 1.29 is 14.7 Å². The standard InChI is InChI=1S/C6H11NO3/c1-3-10-4-6(8)5(2)7-9/h9H,3-4H2,1-2H3/b7-5+. The first-order valence-electron chi connectivity index (χ1n) is 3.02. The molecular weight excluding hydrogens is 134 g/mol. The second-order valence-corrected chi connectivity index (χ2v) is 1.75. The van der Waals surface area contributed by atoms with Crippen molar-refractivity contribution in [2.24, 2.45) is 5.16 Å². The normalized spacial score (nSPS) is 11.6. The van der Waals surface area contributed by atoms with E-state index >= 15 is 0 Å². The smallest absolute Gasteiger partial charge is 0.205 e. The van der Waals surface area contributed by atoms with Gasteiger partial charge in [0.05, 0.1) is 0 Å². The molecule has 0 aromatic heterocycles. The van der Waals surface area contributed by atoms with Gasteiger partial charge in [-0.3, -0.25) is 4.79 Å². The number of oxime groups is 1. The van der Waals surface area contributed by atoms with E-state index in [1.165, 1.54) is 6.92 Å². The fourth-order valence-corrected chi connectivity index (χ4v) is 0.355. The molecule has 0 aliphatic rings. The van der Waals surface area contributed by atoms with Crippen molar-refractivity contribution in [2.75, 3.05) is 13.2 Å². The van der Waals surface area contributed by atoms with Gasteiger partial charge >= 0.3 is 0 Å². The molecule has 0 amide bonds. The SMILES string of the molecule is CCOCC(=O)/C(C)=N/O. The number of carbonyl (C=O) groups is 1. The largest absolute Gasteiger partial charge is 0.411 e. The van der Waals surface area contributed by atoms with Crippen LogP contribution in [-0.4, -0.2) is 29.9 Å². The maximum Gasteiger partial charge on any atom is 0.205 e. The number of Topliss-reactive ketones (excluding diaryl/α,β-unsaturated/α-hetero) is 1. The summed E-state index contributed by atoms with van der Waals surface area (Å²) in [5.74, 6) is -0.288. The van der Waals surface area contributed by atoms with E-state index in [4.69, 9.17) is 9.94 Å². The van der Waals surface area contributed by atoms with Gasteiger partial charge in [-0.1, -0.05) is 5.16 Å². The van der Waals surface area contributed by atoms with Crippen molar-refractivity contribution in [1.82, 2.24) is 0 Å². The predicted octanol–water partition coefficient (Wildman–Crippen LogP) is 0.442. The van der Waals surface area contributed by atoms with Crippen molar-refractivity contribution in [1.29, 1.82) is 0 Å². The van der Waals surface area contributed by atoms with E-state index in [0.717, 1.165) is 0 Å². The first-order chi connectivity index (χ1) is 4.72. The van der Waals surface area contributed by atoms with Gasteiger partial charge in [0.15, 0.2) is 0 Å². The second kappa shape index (κ2) is 4.93. The van der Waals surface area contributed by atoms with Crippen LogP contribution in [0.15, 0.2) is 5.16 Å². The van der Waals surface area contributed by atoms with E-state index in [9.17, 15) is 4.79 Å². The van der Waals surface area contributed by atoms with Gasteiger partial charge in [0.1, 0.15) is 12.3 Å². The fourth-order valence-electron chi connectivity index (χ4n) is 0.355. The third-order valence-corrected chi connectivity index (χ3v) is 0.991. The van der Waals surface area contributed by atoms with Gasteiger partial charge in [-0.2, -0.15) is 0 Å². The molecule has 0 radical (unpaired) electrons. The van der Waals surface area contributed by atoms with Crippen molar-refractivity contribution in [3.05, 3.63) is 0 Å². The summed E-state index contributed by atoms with van der Waals surface area (Å²) in [7, 11) is 0. The zero-order valence-corrected chi connectivity index (χ0v) is 6.13. The molecule has 4 heteroatoms. The average molecular weight is 145 g/mol. The second-order valence-electron chi connectivity index (χ2n) is 1.75. The number of ketones is 1. The lowest BCUT2D eigenvalue weighted by atomic mass is 10.3. The van der Waals surface area contributed by atoms with Gasteiger partial charge in [-0.15, -0.1) is 0 Å². The van der Waals surface area contributed by atoms with Crippen LogP contribution < -0.4 is 0 Å². The maximum atomic E-state index is 10.7. The Kier molecular flexibility index (Phi) is 4.49. The Bertz CT molecular complexity index is 142. The van der Waals surface area contributed by atoms with Gasteiger partial charge in [0.25, 0.3) is 0 Å². The number of carbonyl (C=O) groups excluding carboxylic acids is 1. The molecule has 0 bridgehead atoms. The molecule has 0 heterocycles. The molecule has 0 aliphatic carbocycles. The molecular formula is C6H11NO3. The molecule has 10 heavy (non-hydrogen) atoms. The lowest BCUT2D eigenvalue weighted by Crippen LogP contribution is -2.16. The zero-order chi connectivity index (χ0) is 7.98. The topological polar surface area (TPSA) is 58.9 Å². The highest BCUT2D eigenvalue weighted by atomic mass is 16.5. The molecule has 0 aromatic rings. The molecule has 0 aromatic carbocycles. The van der Waals surface area contributed by atoms with E-state index in [0.29, 0.717) is 6.61 Å². The minimum atomic E-state index is -0.288. The molecule has 0 saturated carbocycles. The van der Waals surface area contributed by atoms with Crippen molar-refractivity contribution >= 4 is 11.5 Å². The fraction of sp³-hybridized carbons (Fsp3) is 0.667. The van der Waals surface area contributed by atoms with Crippen LogP contribution in [0.25, 0.3) is 0 Å². The van der Waals surface area contributed by atoms with Gasteiger partial charge in [-0.25, -0.2) is 0 Å². The van der Waals surface area contributed by atoms with Crippen LogP contribution in [0.3, 0.4) is 0 Å². The third-order valence-electron chi connectivity index (χ3n) is 0.991. The quantitative estimate of drug-likeness (QED) is 0.355. The minimum absolute atomic E-state index is 0.00755. The summed E-state index contributed by atoms with van der Waals surface area (Å²) < 4.78 is 4.78. The van der Waals surface area contributed by atoms with Crippen molar-refractivity contribution in [3.8, 4) is 0 Å². The van der Waals surface area contributed by atoms with E-state index < -0.39 is 0 Å². The monoisotopic (exact) mass is 145 g/mol. The number of hydrogen-bond donors (Lipinski definition) is 1. The molecule has 4 nitrogen and oxygen atoms in total. The summed E-state index contributed by atoms with van der Waals surface area (Å²) in [6.45, 7) is 3.71. The van der Waals surface area contributed by atoms with E-state index in [-0.39, 0.29) is 18.1 Å². The highest BCUT2D eigenvalue weighted by Gasteiger charge is 2.04. The lowest BCUT2D eigenvalue weighted by Gasteiger charge is -1.96. The molecule has 1 N–H and O–H groups in total. The number of nitrogens with zero attached hydrogens (tertiary/aromatic N) is 1. The van der Waals surface area contributed by atoms with Crippen LogP contribution in [0.4, 0.5) is 0 Å². The van der Waals surface area contributed by atoms with E-state index in [1.54, 1.807) is 6.92 Å². The lowest BCUT2D eigenvalue weighted by molar-refractivity contribution is -0.117. The van der Waals surface area contributed by atoms with Crippen molar-refractivity contribution in [3.63, 3.8) is 0 Å². The predicted molar refractivity (Wildman–Crippen MR) is 36.4 cm³/mol. The Labute approximate surface area is 59.5 Å². The molecule has 0 rings (SSSR count). The first-order valence-corrected chi connectivity index (χ1v) is 3.02. The number of rotatable bonds is 4. The van der Waals surface area contributed by atoms with Crippen LogP contribution in [-0.2, 0) is 9.53 Å². The Morgan fingerprint density at radius 2 is 2.30 bits per heavy atom. The molecule has 0 aliphatic heterocycles. The Morgan fingerprint density at radius 1 is 1.70 bits per heavy atom. The summed E-state index contributed by atoms with van der Waals surface area (Å²) in [6.07, 6.45) is 0. The molecule has 0 atom stereocenters. The zero-order valence-electron chi connectivity index (χ0n) is 6.13. The van der Waals surface area contributed by atoms with Gasteiger partial charge in [-0.05, 0) is 13.8 Å². The Balaban J connectivity index is 3.63. The highest BCUT2D eigenvalue weighted by molar-refractivity contribution is 6.39. The molecule has 0 unspecified atom stereocenters. The molecule has 58 valence electrons. The van der Waals surface area contributed by atoms with Gasteiger partial charge in [0, 0.05) is 6.61 Å².